The average molecular weight is 359 g/mol. The van der Waals surface area contributed by atoms with Crippen molar-refractivity contribution >= 4 is 11.7 Å². The predicted octanol–water partition coefficient (Wildman–Crippen LogP) is 4.30. The molecule has 4 nitrogen and oxygen atoms in total. The van der Waals surface area contributed by atoms with Crippen LogP contribution in [0.15, 0.2) is 48.5 Å². The van der Waals surface area contributed by atoms with Crippen molar-refractivity contribution in [1.29, 1.82) is 0 Å². The molecule has 2 aromatic rings. The van der Waals surface area contributed by atoms with Gasteiger partial charge in [0, 0.05) is 18.8 Å². The van der Waals surface area contributed by atoms with Gasteiger partial charge in [-0.3, -0.25) is 0 Å². The zero-order chi connectivity index (χ0) is 18.5. The van der Waals surface area contributed by atoms with Crippen molar-refractivity contribution in [3.8, 4) is 0 Å². The molecule has 1 heterocycles. The van der Waals surface area contributed by atoms with Crippen LogP contribution in [0.2, 0.25) is 0 Å². The van der Waals surface area contributed by atoms with Gasteiger partial charge in [-0.1, -0.05) is 12.1 Å². The molecular weight excluding hydrogens is 336 g/mol. The second-order valence-electron chi connectivity index (χ2n) is 6.76. The number of nitrogens with one attached hydrogen (secondary N) is 1. The maximum absolute atomic E-state index is 13.3. The van der Waals surface area contributed by atoms with Crippen molar-refractivity contribution in [2.75, 3.05) is 18.4 Å². The van der Waals surface area contributed by atoms with Gasteiger partial charge in [-0.15, -0.1) is 0 Å². The Hall–Kier alpha value is -2.63. The number of hydrogen-bond acceptors (Lipinski definition) is 2. The van der Waals surface area contributed by atoms with E-state index in [9.17, 15) is 13.6 Å². The van der Waals surface area contributed by atoms with Gasteiger partial charge >= 0.3 is 6.03 Å². The highest BCUT2D eigenvalue weighted by molar-refractivity contribution is 5.72. The second kappa shape index (κ2) is 8.17. The number of likely N-dealkylation sites (tertiary alicyclic amines) is 1. The molecule has 2 amide bonds. The Kier molecular flexibility index (Phi) is 5.71. The summed E-state index contributed by atoms with van der Waals surface area (Å²) in [5.41, 5.74) is 7.14. The summed E-state index contributed by atoms with van der Waals surface area (Å²) < 4.78 is 26.4. The largest absolute Gasteiger partial charge is 0.378 e. The summed E-state index contributed by atoms with van der Waals surface area (Å²) in [6.07, 6.45) is 2.60. The fraction of sp³-hybridized carbons (Fsp3) is 0.350. The van der Waals surface area contributed by atoms with Gasteiger partial charge in [0.15, 0.2) is 0 Å². The van der Waals surface area contributed by atoms with E-state index in [1.807, 2.05) is 0 Å². The van der Waals surface area contributed by atoms with Crippen LogP contribution in [0.4, 0.5) is 19.3 Å². The summed E-state index contributed by atoms with van der Waals surface area (Å²) in [6, 6.07) is 12.3. The summed E-state index contributed by atoms with van der Waals surface area (Å²) in [5.74, 6) is -0.134. The number of hydrogen-bond donors (Lipinski definition) is 2. The first-order valence-corrected chi connectivity index (χ1v) is 8.83. The number of rotatable bonds is 5. The summed E-state index contributed by atoms with van der Waals surface area (Å²) >= 11 is 0. The molecule has 3 N–H and O–H groups in total. The predicted molar refractivity (Wildman–Crippen MR) is 97.7 cm³/mol. The minimum Gasteiger partial charge on any atom is -0.378 e. The lowest BCUT2D eigenvalue weighted by Gasteiger charge is -2.33. The van der Waals surface area contributed by atoms with Crippen LogP contribution < -0.4 is 11.1 Å². The molecule has 1 aliphatic rings. The molecule has 1 aliphatic heterocycles. The van der Waals surface area contributed by atoms with Crippen molar-refractivity contribution in [2.24, 2.45) is 11.7 Å². The van der Waals surface area contributed by atoms with Crippen LogP contribution in [0.5, 0.6) is 0 Å². The number of carbonyl (C=O) groups excluding carboxylic acids is 1. The third-order valence-corrected chi connectivity index (χ3v) is 4.95. The second-order valence-corrected chi connectivity index (χ2v) is 6.76. The van der Waals surface area contributed by atoms with Gasteiger partial charge in [-0.25, -0.2) is 13.6 Å². The minimum absolute atomic E-state index is 0.0220. The van der Waals surface area contributed by atoms with Gasteiger partial charge in [-0.2, -0.15) is 0 Å². The maximum Gasteiger partial charge on any atom is 0.314 e. The normalized spacial score (nSPS) is 16.3. The van der Waals surface area contributed by atoms with Crippen LogP contribution >= 0.6 is 0 Å². The van der Waals surface area contributed by atoms with E-state index in [1.54, 1.807) is 29.2 Å². The summed E-state index contributed by atoms with van der Waals surface area (Å²) in [6.45, 7) is 1.32. The van der Waals surface area contributed by atoms with E-state index in [1.165, 1.54) is 24.3 Å². The van der Waals surface area contributed by atoms with Gasteiger partial charge < -0.3 is 16.0 Å². The number of carbonyl (C=O) groups is 1. The Labute approximate surface area is 152 Å². The number of amides is 2. The third-order valence-electron chi connectivity index (χ3n) is 4.95. The third kappa shape index (κ3) is 4.71. The van der Waals surface area contributed by atoms with Crippen molar-refractivity contribution in [3.05, 3.63) is 65.7 Å². The molecule has 2 aromatic carbocycles. The number of primary amides is 1. The molecule has 0 bridgehead atoms. The summed E-state index contributed by atoms with van der Waals surface area (Å²) in [5, 5.41) is 3.43. The Morgan fingerprint density at radius 3 is 2.12 bits per heavy atom. The van der Waals surface area contributed by atoms with Crippen LogP contribution in [0, 0.1) is 17.6 Å². The van der Waals surface area contributed by atoms with E-state index < -0.39 is 0 Å². The van der Waals surface area contributed by atoms with Crippen molar-refractivity contribution in [2.45, 2.75) is 25.3 Å². The van der Waals surface area contributed by atoms with Crippen molar-refractivity contribution < 1.29 is 13.6 Å². The smallest absolute Gasteiger partial charge is 0.314 e. The first-order chi connectivity index (χ1) is 12.5. The fourth-order valence-electron chi connectivity index (χ4n) is 3.44. The highest BCUT2D eigenvalue weighted by Gasteiger charge is 2.24. The topological polar surface area (TPSA) is 58.4 Å². The van der Waals surface area contributed by atoms with Crippen LogP contribution in [-0.4, -0.2) is 24.0 Å². The molecule has 0 aromatic heterocycles. The number of urea groups is 1. The Morgan fingerprint density at radius 1 is 1.04 bits per heavy atom. The first kappa shape index (κ1) is 18.2. The number of piperidine rings is 1. The lowest BCUT2D eigenvalue weighted by molar-refractivity contribution is 0.174. The Morgan fingerprint density at radius 2 is 1.58 bits per heavy atom. The molecule has 1 unspecified atom stereocenters. The van der Waals surface area contributed by atoms with E-state index in [2.05, 4.69) is 5.32 Å². The molecule has 0 aliphatic carbocycles. The van der Waals surface area contributed by atoms with E-state index in [0.717, 1.165) is 30.5 Å². The van der Waals surface area contributed by atoms with E-state index in [4.69, 9.17) is 5.73 Å². The lowest BCUT2D eigenvalue weighted by Crippen LogP contribution is -2.42. The minimum atomic E-state index is -0.372. The zero-order valence-electron chi connectivity index (χ0n) is 14.5. The number of anilines is 1. The first-order valence-electron chi connectivity index (χ1n) is 8.83. The van der Waals surface area contributed by atoms with Gasteiger partial charge in [0.2, 0.25) is 0 Å². The molecule has 26 heavy (non-hydrogen) atoms. The molecule has 0 radical (unpaired) electrons. The highest BCUT2D eigenvalue weighted by Crippen LogP contribution is 2.31. The van der Waals surface area contributed by atoms with Crippen molar-refractivity contribution in [1.82, 2.24) is 4.90 Å². The zero-order valence-corrected chi connectivity index (χ0v) is 14.5. The van der Waals surface area contributed by atoms with E-state index in [-0.39, 0.29) is 23.7 Å². The number of halogens is 2. The molecular formula is C20H23F2N3O. The Bertz CT molecular complexity index is 726. The quantitative estimate of drug-likeness (QED) is 0.836. The number of nitrogens with two attached hydrogens (primary N) is 1. The van der Waals surface area contributed by atoms with Crippen LogP contribution in [0.1, 0.15) is 30.9 Å². The fourth-order valence-corrected chi connectivity index (χ4v) is 3.44. The van der Waals surface area contributed by atoms with Crippen molar-refractivity contribution in [3.63, 3.8) is 0 Å². The molecule has 138 valence electrons. The average Bonchev–Trinajstić information content (AvgIpc) is 2.64. The monoisotopic (exact) mass is 359 g/mol. The van der Waals surface area contributed by atoms with E-state index in [0.29, 0.717) is 19.0 Å². The maximum atomic E-state index is 13.3. The molecule has 1 saturated heterocycles. The molecule has 0 saturated carbocycles. The lowest BCUT2D eigenvalue weighted by atomic mass is 9.87. The standard InChI is InChI=1S/C20H23F2N3O/c21-16-3-1-15(2-4-16)19(24-18-7-5-17(22)6-8-18)13-14-9-11-25(12-10-14)20(23)26/h1-8,14,19,24H,9-13H2,(H2,23,26). The van der Waals surface area contributed by atoms with Gasteiger partial charge in [0.1, 0.15) is 11.6 Å². The van der Waals surface area contributed by atoms with Gasteiger partial charge in [0.25, 0.3) is 0 Å². The Balaban J connectivity index is 1.71. The summed E-state index contributed by atoms with van der Waals surface area (Å²) in [7, 11) is 0. The molecule has 6 heteroatoms. The molecule has 1 fully saturated rings. The highest BCUT2D eigenvalue weighted by atomic mass is 19.1. The SMILES string of the molecule is NC(=O)N1CCC(CC(Nc2ccc(F)cc2)c2ccc(F)cc2)CC1. The molecule has 3 rings (SSSR count). The van der Waals surface area contributed by atoms with E-state index >= 15 is 0 Å². The van der Waals surface area contributed by atoms with Gasteiger partial charge in [-0.05, 0) is 67.1 Å². The number of benzene rings is 2. The molecule has 1 atom stereocenters. The summed E-state index contributed by atoms with van der Waals surface area (Å²) in [4.78, 5) is 12.9. The number of nitrogens with zero attached hydrogens (tertiary/aromatic N) is 1. The van der Waals surface area contributed by atoms with Crippen LogP contribution in [0.3, 0.4) is 0 Å². The van der Waals surface area contributed by atoms with Gasteiger partial charge in [0.05, 0.1) is 6.04 Å². The van der Waals surface area contributed by atoms with Crippen LogP contribution in [-0.2, 0) is 0 Å². The van der Waals surface area contributed by atoms with Crippen LogP contribution in [0.25, 0.3) is 0 Å². The molecule has 0 spiro atoms.